The SMILES string of the molecule is C[C@H]1CCCC[C@]12NC(=O)N(CC(=O)OCC(=O)Nc1ccc(Br)cc1F)C2=O. The van der Waals surface area contributed by atoms with E-state index in [4.69, 9.17) is 4.74 Å². The van der Waals surface area contributed by atoms with Gasteiger partial charge in [0.05, 0.1) is 5.69 Å². The quantitative estimate of drug-likeness (QED) is 0.509. The number of carbonyl (C=O) groups excluding carboxylic acids is 4. The number of carbonyl (C=O) groups is 4. The Kier molecular flexibility index (Phi) is 6.21. The van der Waals surface area contributed by atoms with E-state index in [0.29, 0.717) is 10.9 Å². The highest BCUT2D eigenvalue weighted by atomic mass is 79.9. The largest absolute Gasteiger partial charge is 0.454 e. The minimum atomic E-state index is -0.966. The maximum Gasteiger partial charge on any atom is 0.326 e. The Morgan fingerprint density at radius 2 is 2.14 bits per heavy atom. The predicted octanol–water partition coefficient (Wildman–Crippen LogP) is 2.57. The number of esters is 1. The van der Waals surface area contributed by atoms with Gasteiger partial charge >= 0.3 is 12.0 Å². The minimum Gasteiger partial charge on any atom is -0.454 e. The number of nitrogens with zero attached hydrogens (tertiary/aromatic N) is 1. The first-order chi connectivity index (χ1) is 13.7. The molecule has 1 aliphatic carbocycles. The molecule has 2 aliphatic rings. The first-order valence-corrected chi connectivity index (χ1v) is 10.1. The van der Waals surface area contributed by atoms with E-state index < -0.39 is 48.3 Å². The maximum atomic E-state index is 13.7. The molecule has 29 heavy (non-hydrogen) atoms. The van der Waals surface area contributed by atoms with Crippen molar-refractivity contribution in [1.82, 2.24) is 10.2 Å². The molecule has 1 spiro atoms. The van der Waals surface area contributed by atoms with Gasteiger partial charge in [-0.1, -0.05) is 35.7 Å². The number of anilines is 1. The van der Waals surface area contributed by atoms with Crippen molar-refractivity contribution in [3.05, 3.63) is 28.5 Å². The monoisotopic (exact) mass is 469 g/mol. The molecule has 10 heteroatoms. The number of halogens is 2. The highest BCUT2D eigenvalue weighted by Gasteiger charge is 2.55. The zero-order chi connectivity index (χ0) is 21.2. The summed E-state index contributed by atoms with van der Waals surface area (Å²) >= 11 is 3.11. The van der Waals surface area contributed by atoms with Crippen molar-refractivity contribution < 1.29 is 28.3 Å². The summed E-state index contributed by atoms with van der Waals surface area (Å²) in [4.78, 5) is 49.8. The first kappa shape index (κ1) is 21.2. The summed E-state index contributed by atoms with van der Waals surface area (Å²) in [7, 11) is 0. The Hall–Kier alpha value is -2.49. The van der Waals surface area contributed by atoms with Crippen LogP contribution in [0.5, 0.6) is 0 Å². The number of ether oxygens (including phenoxy) is 1. The third-order valence-electron chi connectivity index (χ3n) is 5.36. The van der Waals surface area contributed by atoms with Crippen molar-refractivity contribution in [1.29, 1.82) is 0 Å². The second-order valence-corrected chi connectivity index (χ2v) is 8.19. The van der Waals surface area contributed by atoms with Crippen molar-refractivity contribution in [3.63, 3.8) is 0 Å². The van der Waals surface area contributed by atoms with E-state index in [0.717, 1.165) is 24.2 Å². The normalized spacial score (nSPS) is 23.8. The predicted molar refractivity (Wildman–Crippen MR) is 104 cm³/mol. The second-order valence-electron chi connectivity index (χ2n) is 7.27. The van der Waals surface area contributed by atoms with E-state index in [9.17, 15) is 23.6 Å². The van der Waals surface area contributed by atoms with Crippen LogP contribution in [0.1, 0.15) is 32.6 Å². The van der Waals surface area contributed by atoms with Crippen LogP contribution in [0.2, 0.25) is 0 Å². The molecule has 3 rings (SSSR count). The molecule has 156 valence electrons. The van der Waals surface area contributed by atoms with Crippen LogP contribution in [0, 0.1) is 11.7 Å². The summed E-state index contributed by atoms with van der Waals surface area (Å²) in [5, 5.41) is 5.02. The number of amides is 4. The zero-order valence-electron chi connectivity index (χ0n) is 15.8. The molecule has 1 aromatic rings. The van der Waals surface area contributed by atoms with Gasteiger partial charge in [0.25, 0.3) is 11.8 Å². The lowest BCUT2D eigenvalue weighted by Crippen LogP contribution is -2.54. The van der Waals surface area contributed by atoms with Crippen LogP contribution in [0.15, 0.2) is 22.7 Å². The maximum absolute atomic E-state index is 13.7. The summed E-state index contributed by atoms with van der Waals surface area (Å²) in [6.07, 6.45) is 3.16. The Morgan fingerprint density at radius 3 is 2.83 bits per heavy atom. The average Bonchev–Trinajstić information content (AvgIpc) is 2.90. The van der Waals surface area contributed by atoms with Gasteiger partial charge in [-0.2, -0.15) is 0 Å². The molecule has 1 heterocycles. The Balaban J connectivity index is 1.53. The van der Waals surface area contributed by atoms with Crippen molar-refractivity contribution in [2.24, 2.45) is 5.92 Å². The van der Waals surface area contributed by atoms with E-state index in [-0.39, 0.29) is 11.6 Å². The fourth-order valence-electron chi connectivity index (χ4n) is 3.74. The van der Waals surface area contributed by atoms with Gasteiger partial charge in [0.15, 0.2) is 6.61 Å². The Bertz CT molecular complexity index is 864. The number of urea groups is 1. The lowest BCUT2D eigenvalue weighted by molar-refractivity contribution is -0.150. The summed E-state index contributed by atoms with van der Waals surface area (Å²) in [5.41, 5.74) is -1.02. The first-order valence-electron chi connectivity index (χ1n) is 9.27. The highest BCUT2D eigenvalue weighted by Crippen LogP contribution is 2.38. The van der Waals surface area contributed by atoms with E-state index in [1.54, 1.807) is 6.07 Å². The van der Waals surface area contributed by atoms with Gasteiger partial charge in [-0.25, -0.2) is 9.18 Å². The van der Waals surface area contributed by atoms with Gasteiger partial charge in [-0.3, -0.25) is 19.3 Å². The minimum absolute atomic E-state index is 0.0275. The van der Waals surface area contributed by atoms with Gasteiger partial charge in [0.2, 0.25) is 0 Å². The fourth-order valence-corrected chi connectivity index (χ4v) is 4.07. The fraction of sp³-hybridized carbons (Fsp3) is 0.474. The molecule has 1 saturated heterocycles. The lowest BCUT2D eigenvalue weighted by Gasteiger charge is -2.36. The smallest absolute Gasteiger partial charge is 0.326 e. The standard InChI is InChI=1S/C19H21BrFN3O5/c1-11-4-2-3-7-19(11)17(27)24(18(28)23-19)9-16(26)29-10-15(25)22-14-6-5-12(20)8-13(14)21/h5-6,8,11H,2-4,7,9-10H2,1H3,(H,22,25)(H,23,28)/t11-,19-/m0/s1. The number of hydrogen-bond donors (Lipinski definition) is 2. The molecular formula is C19H21BrFN3O5. The molecule has 0 unspecified atom stereocenters. The third kappa shape index (κ3) is 4.42. The summed E-state index contributed by atoms with van der Waals surface area (Å²) < 4.78 is 19.1. The molecule has 2 atom stereocenters. The molecule has 2 fully saturated rings. The molecule has 0 radical (unpaired) electrons. The lowest BCUT2D eigenvalue weighted by atomic mass is 9.73. The van der Waals surface area contributed by atoms with Crippen LogP contribution >= 0.6 is 15.9 Å². The van der Waals surface area contributed by atoms with Crippen LogP contribution in [-0.4, -0.2) is 47.4 Å². The average molecular weight is 470 g/mol. The van der Waals surface area contributed by atoms with Gasteiger partial charge in [-0.15, -0.1) is 0 Å². The van der Waals surface area contributed by atoms with E-state index >= 15 is 0 Å². The van der Waals surface area contributed by atoms with Crippen molar-refractivity contribution in [2.75, 3.05) is 18.5 Å². The summed E-state index contributed by atoms with van der Waals surface area (Å²) in [6.45, 7) is 0.656. The molecule has 0 aromatic heterocycles. The van der Waals surface area contributed by atoms with Gasteiger partial charge in [0.1, 0.15) is 17.9 Å². The van der Waals surface area contributed by atoms with Crippen LogP contribution < -0.4 is 10.6 Å². The number of benzene rings is 1. The zero-order valence-corrected chi connectivity index (χ0v) is 17.4. The van der Waals surface area contributed by atoms with Crippen LogP contribution in [0.4, 0.5) is 14.9 Å². The Labute approximate surface area is 175 Å². The molecule has 8 nitrogen and oxygen atoms in total. The summed E-state index contributed by atoms with van der Waals surface area (Å²) in [6, 6.07) is 3.45. The van der Waals surface area contributed by atoms with Crippen LogP contribution in [-0.2, 0) is 19.1 Å². The number of hydrogen-bond acceptors (Lipinski definition) is 5. The van der Waals surface area contributed by atoms with Gasteiger partial charge < -0.3 is 15.4 Å². The second kappa shape index (κ2) is 8.48. The molecule has 1 saturated carbocycles. The topological polar surface area (TPSA) is 105 Å². The van der Waals surface area contributed by atoms with E-state index in [1.165, 1.54) is 12.1 Å². The number of rotatable bonds is 5. The summed E-state index contributed by atoms with van der Waals surface area (Å²) in [5.74, 6) is -2.76. The molecule has 1 aliphatic heterocycles. The molecule has 4 amide bonds. The van der Waals surface area contributed by atoms with E-state index in [2.05, 4.69) is 26.6 Å². The van der Waals surface area contributed by atoms with Gasteiger partial charge in [0, 0.05) is 4.47 Å². The van der Waals surface area contributed by atoms with Crippen LogP contribution in [0.3, 0.4) is 0 Å². The van der Waals surface area contributed by atoms with Crippen molar-refractivity contribution >= 4 is 45.4 Å². The Morgan fingerprint density at radius 1 is 1.38 bits per heavy atom. The van der Waals surface area contributed by atoms with Crippen molar-refractivity contribution in [3.8, 4) is 0 Å². The number of nitrogens with one attached hydrogen (secondary N) is 2. The van der Waals surface area contributed by atoms with Crippen molar-refractivity contribution in [2.45, 2.75) is 38.1 Å². The van der Waals surface area contributed by atoms with Crippen LogP contribution in [0.25, 0.3) is 0 Å². The molecular weight excluding hydrogens is 449 g/mol. The third-order valence-corrected chi connectivity index (χ3v) is 5.85. The molecule has 1 aromatic carbocycles. The highest BCUT2D eigenvalue weighted by molar-refractivity contribution is 9.10. The van der Waals surface area contributed by atoms with Gasteiger partial charge in [-0.05, 0) is 37.0 Å². The van der Waals surface area contributed by atoms with E-state index in [1.807, 2.05) is 6.92 Å². The number of imide groups is 1. The molecule has 0 bridgehead atoms. The molecule has 2 N–H and O–H groups in total.